The van der Waals surface area contributed by atoms with Crippen LogP contribution in [0.5, 0.6) is 0 Å². The fraction of sp³-hybridized carbons (Fsp3) is 0.0714. The first-order chi connectivity index (χ1) is 9.40. The minimum absolute atomic E-state index is 0.190. The van der Waals surface area contributed by atoms with E-state index in [4.69, 9.17) is 17.3 Å². The highest BCUT2D eigenvalue weighted by molar-refractivity contribution is 6.35. The van der Waals surface area contributed by atoms with E-state index in [1.165, 1.54) is 6.07 Å². The van der Waals surface area contributed by atoms with E-state index in [9.17, 15) is 13.6 Å². The number of carbonyl (C=O) groups excluding carboxylic acids is 1. The Morgan fingerprint density at radius 2 is 2.00 bits per heavy atom. The summed E-state index contributed by atoms with van der Waals surface area (Å²) in [5, 5.41) is 2.57. The second kappa shape index (κ2) is 5.46. The number of anilines is 2. The monoisotopic (exact) mass is 296 g/mol. The molecule has 0 fully saturated rings. The van der Waals surface area contributed by atoms with Crippen LogP contribution in [0.3, 0.4) is 0 Å². The Kier molecular flexibility index (Phi) is 3.90. The smallest absolute Gasteiger partial charge is 0.257 e. The molecule has 3 nitrogen and oxygen atoms in total. The Labute approximate surface area is 119 Å². The number of nitrogens with one attached hydrogen (secondary N) is 1. The zero-order valence-corrected chi connectivity index (χ0v) is 11.3. The van der Waals surface area contributed by atoms with Gasteiger partial charge in [0, 0.05) is 6.07 Å². The minimum atomic E-state index is -0.945. The minimum Gasteiger partial charge on any atom is -0.397 e. The van der Waals surface area contributed by atoms with Gasteiger partial charge in [-0.15, -0.1) is 0 Å². The molecule has 0 aliphatic carbocycles. The molecule has 6 heteroatoms. The fourth-order valence-electron chi connectivity index (χ4n) is 1.73. The molecule has 0 bridgehead atoms. The van der Waals surface area contributed by atoms with Crippen LogP contribution < -0.4 is 11.1 Å². The molecule has 20 heavy (non-hydrogen) atoms. The highest BCUT2D eigenvalue weighted by Gasteiger charge is 2.16. The lowest BCUT2D eigenvalue weighted by molar-refractivity contribution is 0.102. The number of nitrogen functional groups attached to an aromatic ring is 1. The highest BCUT2D eigenvalue weighted by Crippen LogP contribution is 2.26. The topological polar surface area (TPSA) is 55.1 Å². The van der Waals surface area contributed by atoms with Crippen LogP contribution in [-0.2, 0) is 0 Å². The van der Waals surface area contributed by atoms with Crippen LogP contribution in [0.4, 0.5) is 20.2 Å². The van der Waals surface area contributed by atoms with E-state index in [2.05, 4.69) is 5.32 Å². The summed E-state index contributed by atoms with van der Waals surface area (Å²) in [6.45, 7) is 1.74. The van der Waals surface area contributed by atoms with Gasteiger partial charge in [0.1, 0.15) is 11.5 Å². The number of rotatable bonds is 2. The summed E-state index contributed by atoms with van der Waals surface area (Å²) in [6.07, 6.45) is 0. The quantitative estimate of drug-likeness (QED) is 0.829. The SMILES string of the molecule is Cc1cccc(C(=O)Nc2c(N)cc(F)cc2F)c1Cl. The maximum Gasteiger partial charge on any atom is 0.257 e. The van der Waals surface area contributed by atoms with Gasteiger partial charge in [-0.3, -0.25) is 4.79 Å². The van der Waals surface area contributed by atoms with Crippen molar-refractivity contribution in [3.05, 3.63) is 58.1 Å². The van der Waals surface area contributed by atoms with Crippen molar-refractivity contribution in [2.75, 3.05) is 11.1 Å². The van der Waals surface area contributed by atoms with Crippen molar-refractivity contribution in [2.24, 2.45) is 0 Å². The summed E-state index contributed by atoms with van der Waals surface area (Å²) in [5.74, 6) is -2.37. The van der Waals surface area contributed by atoms with Gasteiger partial charge in [0.25, 0.3) is 5.91 Å². The van der Waals surface area contributed by atoms with E-state index in [0.717, 1.165) is 6.07 Å². The molecule has 0 radical (unpaired) electrons. The fourth-order valence-corrected chi connectivity index (χ4v) is 1.94. The summed E-state index contributed by atoms with van der Waals surface area (Å²) in [4.78, 5) is 12.1. The van der Waals surface area contributed by atoms with Crippen molar-refractivity contribution in [3.63, 3.8) is 0 Å². The van der Waals surface area contributed by atoms with Crippen LogP contribution in [0, 0.1) is 18.6 Å². The molecule has 2 rings (SSSR count). The Bertz CT molecular complexity index is 666. The van der Waals surface area contributed by atoms with Crippen molar-refractivity contribution >= 4 is 28.9 Å². The van der Waals surface area contributed by atoms with Gasteiger partial charge in [-0.25, -0.2) is 8.78 Å². The number of hydrogen-bond donors (Lipinski definition) is 2. The number of nitrogens with two attached hydrogens (primary N) is 1. The van der Waals surface area contributed by atoms with Gasteiger partial charge in [-0.05, 0) is 24.6 Å². The maximum atomic E-state index is 13.6. The lowest BCUT2D eigenvalue weighted by Gasteiger charge is -2.11. The van der Waals surface area contributed by atoms with Gasteiger partial charge in [-0.1, -0.05) is 23.7 Å². The van der Waals surface area contributed by atoms with Crippen LogP contribution in [0.15, 0.2) is 30.3 Å². The van der Waals surface area contributed by atoms with Crippen LogP contribution in [0.25, 0.3) is 0 Å². The molecular formula is C14H11ClF2N2O. The normalized spacial score (nSPS) is 10.4. The van der Waals surface area contributed by atoms with Gasteiger partial charge in [0.2, 0.25) is 0 Å². The van der Waals surface area contributed by atoms with E-state index in [1.807, 2.05) is 0 Å². The van der Waals surface area contributed by atoms with Crippen LogP contribution in [0.1, 0.15) is 15.9 Å². The Hall–Kier alpha value is -2.14. The summed E-state index contributed by atoms with van der Waals surface area (Å²) >= 11 is 6.01. The molecule has 0 spiro atoms. The van der Waals surface area contributed by atoms with Crippen molar-refractivity contribution in [2.45, 2.75) is 6.92 Å². The molecule has 0 unspecified atom stereocenters. The van der Waals surface area contributed by atoms with E-state index in [0.29, 0.717) is 11.6 Å². The first kappa shape index (κ1) is 14.3. The largest absolute Gasteiger partial charge is 0.397 e. The maximum absolute atomic E-state index is 13.6. The van der Waals surface area contributed by atoms with Crippen molar-refractivity contribution in [1.29, 1.82) is 0 Å². The van der Waals surface area contributed by atoms with Crippen molar-refractivity contribution in [3.8, 4) is 0 Å². The van der Waals surface area contributed by atoms with Crippen LogP contribution >= 0.6 is 11.6 Å². The number of carbonyl (C=O) groups is 1. The molecule has 0 saturated carbocycles. The lowest BCUT2D eigenvalue weighted by Crippen LogP contribution is -2.15. The molecule has 0 heterocycles. The summed E-state index contributed by atoms with van der Waals surface area (Å²) in [6, 6.07) is 6.47. The molecule has 0 saturated heterocycles. The van der Waals surface area contributed by atoms with E-state index >= 15 is 0 Å². The van der Waals surface area contributed by atoms with Gasteiger partial charge in [-0.2, -0.15) is 0 Å². The summed E-state index contributed by atoms with van der Waals surface area (Å²) < 4.78 is 26.5. The molecule has 3 N–H and O–H groups in total. The molecule has 2 aromatic rings. The van der Waals surface area contributed by atoms with Gasteiger partial charge >= 0.3 is 0 Å². The van der Waals surface area contributed by atoms with Gasteiger partial charge in [0.15, 0.2) is 5.82 Å². The number of aryl methyl sites for hydroxylation is 1. The number of benzene rings is 2. The van der Waals surface area contributed by atoms with Crippen molar-refractivity contribution < 1.29 is 13.6 Å². The lowest BCUT2D eigenvalue weighted by atomic mass is 10.1. The molecule has 104 valence electrons. The summed E-state index contributed by atoms with van der Waals surface area (Å²) in [5.41, 5.74) is 5.93. The molecule has 0 aliphatic rings. The van der Waals surface area contributed by atoms with Crippen molar-refractivity contribution in [1.82, 2.24) is 0 Å². The van der Waals surface area contributed by atoms with E-state index < -0.39 is 17.5 Å². The summed E-state index contributed by atoms with van der Waals surface area (Å²) in [7, 11) is 0. The third kappa shape index (κ3) is 2.72. The first-order valence-corrected chi connectivity index (χ1v) is 6.09. The predicted octanol–water partition coefficient (Wildman–Crippen LogP) is 3.76. The van der Waals surface area contributed by atoms with Crippen LogP contribution in [0.2, 0.25) is 5.02 Å². The number of hydrogen-bond acceptors (Lipinski definition) is 2. The van der Waals surface area contributed by atoms with Gasteiger partial charge in [0.05, 0.1) is 16.3 Å². The number of halogens is 3. The van der Waals surface area contributed by atoms with Gasteiger partial charge < -0.3 is 11.1 Å². The Morgan fingerprint density at radius 1 is 1.30 bits per heavy atom. The highest BCUT2D eigenvalue weighted by atomic mass is 35.5. The second-order valence-corrected chi connectivity index (χ2v) is 4.62. The Balaban J connectivity index is 2.36. The zero-order valence-electron chi connectivity index (χ0n) is 10.5. The first-order valence-electron chi connectivity index (χ1n) is 5.71. The predicted molar refractivity (Wildman–Crippen MR) is 74.9 cm³/mol. The molecule has 0 aliphatic heterocycles. The number of amides is 1. The average molecular weight is 297 g/mol. The zero-order chi connectivity index (χ0) is 14.9. The second-order valence-electron chi connectivity index (χ2n) is 4.24. The third-order valence-corrected chi connectivity index (χ3v) is 3.26. The molecule has 1 amide bonds. The average Bonchev–Trinajstić information content (AvgIpc) is 2.36. The molecule has 0 atom stereocenters. The van der Waals surface area contributed by atoms with E-state index in [-0.39, 0.29) is 22.0 Å². The van der Waals surface area contributed by atoms with Crippen LogP contribution in [-0.4, -0.2) is 5.91 Å². The standard InChI is InChI=1S/C14H11ClF2N2O/c1-7-3-2-4-9(12(7)15)14(20)19-13-10(17)5-8(16)6-11(13)18/h2-6H,18H2,1H3,(H,19,20). The van der Waals surface area contributed by atoms with E-state index in [1.54, 1.807) is 19.1 Å². The molecular weight excluding hydrogens is 286 g/mol. The third-order valence-electron chi connectivity index (χ3n) is 2.76. The Morgan fingerprint density at radius 3 is 2.65 bits per heavy atom. The molecule has 0 aromatic heterocycles. The molecule has 2 aromatic carbocycles.